The summed E-state index contributed by atoms with van der Waals surface area (Å²) in [5.41, 5.74) is 5.00. The van der Waals surface area contributed by atoms with Crippen molar-refractivity contribution in [2.24, 2.45) is 0 Å². The molecule has 2 aromatic carbocycles. The Bertz CT molecular complexity index is 990. The molecular weight excluding hydrogens is 312 g/mol. The van der Waals surface area contributed by atoms with Crippen molar-refractivity contribution in [2.45, 2.75) is 13.0 Å². The van der Waals surface area contributed by atoms with Crippen molar-refractivity contribution in [1.82, 2.24) is 9.88 Å². The zero-order valence-corrected chi connectivity index (χ0v) is 14.1. The second-order valence-corrected chi connectivity index (χ2v) is 6.38. The first-order chi connectivity index (χ1) is 12.1. The standard InChI is InChI=1S/C21H18N2O2/c1-13-11-12-18(20(24)22-13)21(25)23(2)19-16-9-5-3-7-14(16)15-8-4-6-10-17(15)19/h3-12,19H,1-2H3,(H,22,24). The molecule has 0 bridgehead atoms. The number of pyridine rings is 1. The fourth-order valence-electron chi connectivity index (χ4n) is 3.59. The van der Waals surface area contributed by atoms with Gasteiger partial charge < -0.3 is 9.88 Å². The molecular formula is C21H18N2O2. The number of hydrogen-bond donors (Lipinski definition) is 1. The summed E-state index contributed by atoms with van der Waals surface area (Å²) in [5.74, 6) is -0.280. The van der Waals surface area contributed by atoms with E-state index in [2.05, 4.69) is 17.1 Å². The van der Waals surface area contributed by atoms with Gasteiger partial charge in [0.25, 0.3) is 11.5 Å². The van der Waals surface area contributed by atoms with Gasteiger partial charge in [-0.3, -0.25) is 9.59 Å². The van der Waals surface area contributed by atoms with Gasteiger partial charge in [0.2, 0.25) is 0 Å². The lowest BCUT2D eigenvalue weighted by molar-refractivity contribution is 0.0756. The summed E-state index contributed by atoms with van der Waals surface area (Å²) in [5, 5.41) is 0. The summed E-state index contributed by atoms with van der Waals surface area (Å²) in [4.78, 5) is 29.5. The number of carbonyl (C=O) groups is 1. The number of fused-ring (bicyclic) bond motifs is 3. The molecule has 1 aromatic heterocycles. The third-order valence-electron chi connectivity index (χ3n) is 4.79. The maximum absolute atomic E-state index is 13.0. The number of carbonyl (C=O) groups excluding carboxylic acids is 1. The molecule has 0 fully saturated rings. The van der Waals surface area contributed by atoms with E-state index in [0.29, 0.717) is 0 Å². The first-order valence-corrected chi connectivity index (χ1v) is 8.23. The highest BCUT2D eigenvalue weighted by Gasteiger charge is 2.34. The SMILES string of the molecule is Cc1ccc(C(=O)N(C)C2c3ccccc3-c3ccccc32)c(=O)[nH]1. The van der Waals surface area contributed by atoms with Crippen molar-refractivity contribution in [3.63, 3.8) is 0 Å². The number of H-pyrrole nitrogens is 1. The van der Waals surface area contributed by atoms with E-state index in [1.54, 1.807) is 31.0 Å². The fraction of sp³-hybridized carbons (Fsp3) is 0.143. The molecule has 124 valence electrons. The van der Waals surface area contributed by atoms with E-state index in [-0.39, 0.29) is 23.1 Å². The third-order valence-corrected chi connectivity index (χ3v) is 4.79. The summed E-state index contributed by atoms with van der Waals surface area (Å²) in [7, 11) is 1.76. The number of nitrogens with zero attached hydrogens (tertiary/aromatic N) is 1. The predicted octanol–water partition coefficient (Wildman–Crippen LogP) is 3.53. The van der Waals surface area contributed by atoms with Gasteiger partial charge in [-0.1, -0.05) is 48.5 Å². The van der Waals surface area contributed by atoms with Crippen molar-refractivity contribution in [1.29, 1.82) is 0 Å². The maximum Gasteiger partial charge on any atom is 0.260 e. The van der Waals surface area contributed by atoms with Crippen molar-refractivity contribution >= 4 is 5.91 Å². The molecule has 0 saturated heterocycles. The number of aromatic nitrogens is 1. The number of nitrogens with one attached hydrogen (secondary N) is 1. The van der Waals surface area contributed by atoms with Gasteiger partial charge in [0.15, 0.2) is 0 Å². The van der Waals surface area contributed by atoms with E-state index in [0.717, 1.165) is 27.9 Å². The second-order valence-electron chi connectivity index (χ2n) is 6.38. The molecule has 1 aliphatic carbocycles. The summed E-state index contributed by atoms with van der Waals surface area (Å²) < 4.78 is 0. The zero-order valence-electron chi connectivity index (χ0n) is 14.1. The van der Waals surface area contributed by atoms with E-state index >= 15 is 0 Å². The highest BCUT2D eigenvalue weighted by Crippen LogP contribution is 2.45. The molecule has 0 aliphatic heterocycles. The molecule has 0 spiro atoms. The summed E-state index contributed by atoms with van der Waals surface area (Å²) >= 11 is 0. The Kier molecular flexibility index (Phi) is 3.53. The fourth-order valence-corrected chi connectivity index (χ4v) is 3.59. The van der Waals surface area contributed by atoms with E-state index in [4.69, 9.17) is 0 Å². The largest absolute Gasteiger partial charge is 0.330 e. The zero-order chi connectivity index (χ0) is 17.6. The summed E-state index contributed by atoms with van der Waals surface area (Å²) in [6.07, 6.45) is 0. The van der Waals surface area contributed by atoms with Crippen LogP contribution in [0.4, 0.5) is 0 Å². The molecule has 1 amide bonds. The van der Waals surface area contributed by atoms with E-state index in [1.165, 1.54) is 0 Å². The molecule has 0 radical (unpaired) electrons. The van der Waals surface area contributed by atoms with Crippen LogP contribution >= 0.6 is 0 Å². The Labute approximate surface area is 145 Å². The number of aryl methyl sites for hydroxylation is 1. The van der Waals surface area contributed by atoms with Crippen molar-refractivity contribution < 1.29 is 4.79 Å². The Morgan fingerprint density at radius 2 is 1.48 bits per heavy atom. The molecule has 0 saturated carbocycles. The van der Waals surface area contributed by atoms with Crippen LogP contribution in [0.2, 0.25) is 0 Å². The lowest BCUT2D eigenvalue weighted by Gasteiger charge is -2.26. The summed E-state index contributed by atoms with van der Waals surface area (Å²) in [6, 6.07) is 19.4. The van der Waals surface area contributed by atoms with Crippen LogP contribution in [0.1, 0.15) is 33.2 Å². The summed E-state index contributed by atoms with van der Waals surface area (Å²) in [6.45, 7) is 1.79. The second kappa shape index (κ2) is 5.74. The van der Waals surface area contributed by atoms with Crippen LogP contribution < -0.4 is 5.56 Å². The van der Waals surface area contributed by atoms with Gasteiger partial charge in [0.1, 0.15) is 5.56 Å². The highest BCUT2D eigenvalue weighted by atomic mass is 16.2. The van der Waals surface area contributed by atoms with Gasteiger partial charge in [-0.15, -0.1) is 0 Å². The molecule has 4 heteroatoms. The first-order valence-electron chi connectivity index (χ1n) is 8.23. The topological polar surface area (TPSA) is 53.2 Å². The normalized spacial score (nSPS) is 12.6. The van der Waals surface area contributed by atoms with E-state index in [1.807, 2.05) is 36.4 Å². The monoisotopic (exact) mass is 330 g/mol. The number of benzene rings is 2. The molecule has 1 heterocycles. The minimum Gasteiger partial charge on any atom is -0.330 e. The van der Waals surface area contributed by atoms with Gasteiger partial charge in [-0.25, -0.2) is 0 Å². The van der Waals surface area contributed by atoms with Crippen molar-refractivity contribution in [3.8, 4) is 11.1 Å². The quantitative estimate of drug-likeness (QED) is 0.781. The molecule has 4 nitrogen and oxygen atoms in total. The van der Waals surface area contributed by atoms with Crippen LogP contribution in [0.5, 0.6) is 0 Å². The minimum atomic E-state index is -0.351. The molecule has 0 atom stereocenters. The Hall–Kier alpha value is -3.14. The molecule has 3 aromatic rings. The molecule has 0 unspecified atom stereocenters. The Morgan fingerprint density at radius 1 is 0.920 bits per heavy atom. The van der Waals surface area contributed by atoms with E-state index < -0.39 is 0 Å². The molecule has 25 heavy (non-hydrogen) atoms. The number of hydrogen-bond acceptors (Lipinski definition) is 2. The van der Waals surface area contributed by atoms with Crippen molar-refractivity contribution in [2.75, 3.05) is 7.05 Å². The first kappa shape index (κ1) is 15.4. The van der Waals surface area contributed by atoms with Gasteiger partial charge in [0, 0.05) is 12.7 Å². The lowest BCUT2D eigenvalue weighted by atomic mass is 10.0. The average molecular weight is 330 g/mol. The average Bonchev–Trinajstić information content (AvgIpc) is 2.95. The Balaban J connectivity index is 1.81. The smallest absolute Gasteiger partial charge is 0.260 e. The van der Waals surface area contributed by atoms with Gasteiger partial charge in [-0.2, -0.15) is 0 Å². The van der Waals surface area contributed by atoms with Crippen LogP contribution in [0, 0.1) is 6.92 Å². The molecule has 1 N–H and O–H groups in total. The van der Waals surface area contributed by atoms with Gasteiger partial charge >= 0.3 is 0 Å². The van der Waals surface area contributed by atoms with Crippen LogP contribution in [0.15, 0.2) is 65.5 Å². The molecule has 1 aliphatic rings. The number of aromatic amines is 1. The highest BCUT2D eigenvalue weighted by molar-refractivity contribution is 5.95. The van der Waals surface area contributed by atoms with Crippen LogP contribution in [-0.2, 0) is 0 Å². The van der Waals surface area contributed by atoms with Gasteiger partial charge in [0.05, 0.1) is 6.04 Å². The van der Waals surface area contributed by atoms with Crippen LogP contribution in [0.25, 0.3) is 11.1 Å². The van der Waals surface area contributed by atoms with Crippen molar-refractivity contribution in [3.05, 3.63) is 93.4 Å². The predicted molar refractivity (Wildman–Crippen MR) is 97.6 cm³/mol. The third kappa shape index (κ3) is 2.38. The number of amides is 1. The Morgan fingerprint density at radius 3 is 2.04 bits per heavy atom. The van der Waals surface area contributed by atoms with E-state index in [9.17, 15) is 9.59 Å². The van der Waals surface area contributed by atoms with Crippen LogP contribution in [0.3, 0.4) is 0 Å². The van der Waals surface area contributed by atoms with Gasteiger partial charge in [-0.05, 0) is 41.3 Å². The van der Waals surface area contributed by atoms with Crippen LogP contribution in [-0.4, -0.2) is 22.8 Å². The minimum absolute atomic E-state index is 0.162. The molecule has 4 rings (SSSR count). The number of rotatable bonds is 2. The lowest BCUT2D eigenvalue weighted by Crippen LogP contribution is -2.34. The maximum atomic E-state index is 13.0.